The van der Waals surface area contributed by atoms with Crippen molar-refractivity contribution in [2.24, 2.45) is 0 Å². The fourth-order valence-corrected chi connectivity index (χ4v) is 3.09. The zero-order valence-electron chi connectivity index (χ0n) is 13.1. The van der Waals surface area contributed by atoms with Crippen LogP contribution in [0.4, 0.5) is 0 Å². The molecule has 1 heterocycles. The molecule has 2 heteroatoms. The maximum Gasteiger partial charge on any atom is 0.255 e. The summed E-state index contributed by atoms with van der Waals surface area (Å²) in [5.74, 6) is 0.128. The monoisotopic (exact) mass is 279 g/mol. The van der Waals surface area contributed by atoms with E-state index >= 15 is 0 Å². The van der Waals surface area contributed by atoms with Crippen LogP contribution in [0.2, 0.25) is 0 Å². The molecule has 0 aliphatic carbocycles. The molecule has 0 saturated heterocycles. The van der Waals surface area contributed by atoms with Crippen molar-refractivity contribution in [3.8, 4) is 0 Å². The van der Waals surface area contributed by atoms with Gasteiger partial charge >= 0.3 is 0 Å². The quantitative estimate of drug-likeness (QED) is 0.760. The molecule has 0 radical (unpaired) electrons. The SMILES string of the molecule is Cc1ccc(C2c3ccccc3C(=O)N2C(C)(C)C)cc1. The number of carbonyl (C=O) groups excluding carboxylic acids is 1. The number of hydrogen-bond donors (Lipinski definition) is 0. The Labute approximate surface area is 126 Å². The number of fused-ring (bicyclic) bond motifs is 1. The fraction of sp³-hybridized carbons (Fsp3) is 0.316. The van der Waals surface area contributed by atoms with Crippen molar-refractivity contribution < 1.29 is 4.79 Å². The van der Waals surface area contributed by atoms with Crippen molar-refractivity contribution in [1.29, 1.82) is 0 Å². The van der Waals surface area contributed by atoms with Gasteiger partial charge in [0, 0.05) is 11.1 Å². The smallest absolute Gasteiger partial charge is 0.255 e. The summed E-state index contributed by atoms with van der Waals surface area (Å²) < 4.78 is 0. The molecular formula is C19H21NO. The summed E-state index contributed by atoms with van der Waals surface area (Å²) in [6, 6.07) is 16.5. The van der Waals surface area contributed by atoms with Crippen molar-refractivity contribution in [3.05, 3.63) is 70.8 Å². The van der Waals surface area contributed by atoms with Gasteiger partial charge in [0.25, 0.3) is 5.91 Å². The predicted octanol–water partition coefficient (Wildman–Crippen LogP) is 4.34. The lowest BCUT2D eigenvalue weighted by molar-refractivity contribution is 0.0552. The van der Waals surface area contributed by atoms with Crippen molar-refractivity contribution in [1.82, 2.24) is 4.90 Å². The van der Waals surface area contributed by atoms with Gasteiger partial charge in [-0.1, -0.05) is 48.0 Å². The summed E-state index contributed by atoms with van der Waals surface area (Å²) in [4.78, 5) is 14.8. The van der Waals surface area contributed by atoms with Gasteiger partial charge in [-0.3, -0.25) is 4.79 Å². The van der Waals surface area contributed by atoms with Crippen LogP contribution in [-0.4, -0.2) is 16.3 Å². The molecule has 0 fully saturated rings. The molecule has 0 N–H and O–H groups in total. The van der Waals surface area contributed by atoms with Crippen LogP contribution in [0.5, 0.6) is 0 Å². The van der Waals surface area contributed by atoms with E-state index in [-0.39, 0.29) is 17.5 Å². The van der Waals surface area contributed by atoms with Gasteiger partial charge < -0.3 is 4.90 Å². The van der Waals surface area contributed by atoms with Crippen LogP contribution in [0.1, 0.15) is 53.9 Å². The number of aryl methyl sites for hydroxylation is 1. The second kappa shape index (κ2) is 4.73. The molecule has 0 saturated carbocycles. The molecule has 1 unspecified atom stereocenters. The van der Waals surface area contributed by atoms with Gasteiger partial charge in [-0.25, -0.2) is 0 Å². The summed E-state index contributed by atoms with van der Waals surface area (Å²) in [7, 11) is 0. The van der Waals surface area contributed by atoms with E-state index in [0.717, 1.165) is 11.1 Å². The van der Waals surface area contributed by atoms with Crippen molar-refractivity contribution >= 4 is 5.91 Å². The highest BCUT2D eigenvalue weighted by molar-refractivity contribution is 6.00. The molecule has 1 atom stereocenters. The summed E-state index contributed by atoms with van der Waals surface area (Å²) in [5.41, 5.74) is 4.14. The summed E-state index contributed by atoms with van der Waals surface area (Å²) in [6.07, 6.45) is 0. The molecule has 2 aromatic rings. The van der Waals surface area contributed by atoms with Crippen molar-refractivity contribution in [2.45, 2.75) is 39.3 Å². The van der Waals surface area contributed by atoms with E-state index in [1.54, 1.807) is 0 Å². The number of amides is 1. The molecule has 1 aliphatic rings. The number of carbonyl (C=O) groups is 1. The van der Waals surface area contributed by atoms with Crippen molar-refractivity contribution in [2.75, 3.05) is 0 Å². The maximum absolute atomic E-state index is 12.8. The lowest BCUT2D eigenvalue weighted by Crippen LogP contribution is -2.44. The minimum atomic E-state index is -0.217. The third kappa shape index (κ3) is 2.25. The van der Waals surface area contributed by atoms with Crippen molar-refractivity contribution in [3.63, 3.8) is 0 Å². The molecule has 1 amide bonds. The summed E-state index contributed by atoms with van der Waals surface area (Å²) in [6.45, 7) is 8.37. The van der Waals surface area contributed by atoms with E-state index < -0.39 is 0 Å². The highest BCUT2D eigenvalue weighted by Crippen LogP contribution is 2.42. The predicted molar refractivity (Wildman–Crippen MR) is 85.4 cm³/mol. The number of hydrogen-bond acceptors (Lipinski definition) is 1. The van der Waals surface area contributed by atoms with E-state index in [0.29, 0.717) is 0 Å². The van der Waals surface area contributed by atoms with Gasteiger partial charge in [0.1, 0.15) is 0 Å². The minimum absolute atomic E-state index is 0.00861. The van der Waals surface area contributed by atoms with Crippen LogP contribution in [0.25, 0.3) is 0 Å². The van der Waals surface area contributed by atoms with E-state index in [9.17, 15) is 4.79 Å². The van der Waals surface area contributed by atoms with E-state index in [1.165, 1.54) is 11.1 Å². The zero-order chi connectivity index (χ0) is 15.2. The average Bonchev–Trinajstić information content (AvgIpc) is 2.74. The molecular weight excluding hydrogens is 258 g/mol. The highest BCUT2D eigenvalue weighted by Gasteiger charge is 2.42. The fourth-order valence-electron chi connectivity index (χ4n) is 3.09. The van der Waals surface area contributed by atoms with Crippen LogP contribution in [-0.2, 0) is 0 Å². The van der Waals surface area contributed by atoms with E-state index in [2.05, 4.69) is 58.0 Å². The second-order valence-electron chi connectivity index (χ2n) is 6.75. The first-order chi connectivity index (χ1) is 9.89. The average molecular weight is 279 g/mol. The number of rotatable bonds is 1. The van der Waals surface area contributed by atoms with E-state index in [4.69, 9.17) is 0 Å². The van der Waals surface area contributed by atoms with Crippen LogP contribution in [0, 0.1) is 6.92 Å². The molecule has 0 spiro atoms. The Bertz CT molecular complexity index is 679. The molecule has 2 aromatic carbocycles. The summed E-state index contributed by atoms with van der Waals surface area (Å²) in [5, 5.41) is 0. The lowest BCUT2D eigenvalue weighted by atomic mass is 9.95. The van der Waals surface area contributed by atoms with Crippen LogP contribution in [0.15, 0.2) is 48.5 Å². The Balaban J connectivity index is 2.18. The van der Waals surface area contributed by atoms with Gasteiger partial charge in [-0.15, -0.1) is 0 Å². The highest BCUT2D eigenvalue weighted by atomic mass is 16.2. The number of benzene rings is 2. The van der Waals surface area contributed by atoms with E-state index in [1.807, 2.05) is 23.1 Å². The Kier molecular flexibility index (Phi) is 3.12. The molecule has 3 rings (SSSR count). The van der Waals surface area contributed by atoms with Gasteiger partial charge in [0.05, 0.1) is 6.04 Å². The van der Waals surface area contributed by atoms with Crippen LogP contribution in [0.3, 0.4) is 0 Å². The Morgan fingerprint density at radius 3 is 2.19 bits per heavy atom. The Hall–Kier alpha value is -2.09. The van der Waals surface area contributed by atoms with Gasteiger partial charge in [-0.2, -0.15) is 0 Å². The molecule has 0 bridgehead atoms. The number of nitrogens with zero attached hydrogens (tertiary/aromatic N) is 1. The first kappa shape index (κ1) is 13.9. The second-order valence-corrected chi connectivity index (χ2v) is 6.75. The standard InChI is InChI=1S/C19H21NO/c1-13-9-11-14(12-10-13)17-15-7-5-6-8-16(15)18(21)20(17)19(2,3)4/h5-12,17H,1-4H3. The Morgan fingerprint density at radius 2 is 1.57 bits per heavy atom. The molecule has 2 nitrogen and oxygen atoms in total. The molecule has 108 valence electrons. The van der Waals surface area contributed by atoms with Crippen LogP contribution < -0.4 is 0 Å². The van der Waals surface area contributed by atoms with Gasteiger partial charge in [-0.05, 0) is 44.9 Å². The largest absolute Gasteiger partial charge is 0.323 e. The molecule has 0 aromatic heterocycles. The third-order valence-corrected chi connectivity index (χ3v) is 4.08. The molecule has 1 aliphatic heterocycles. The van der Waals surface area contributed by atoms with Crippen LogP contribution >= 0.6 is 0 Å². The first-order valence-electron chi connectivity index (χ1n) is 7.39. The van der Waals surface area contributed by atoms with Gasteiger partial charge in [0.2, 0.25) is 0 Å². The zero-order valence-corrected chi connectivity index (χ0v) is 13.1. The topological polar surface area (TPSA) is 20.3 Å². The lowest BCUT2D eigenvalue weighted by Gasteiger charge is -2.37. The minimum Gasteiger partial charge on any atom is -0.323 e. The maximum atomic E-state index is 12.8. The molecule has 21 heavy (non-hydrogen) atoms. The van der Waals surface area contributed by atoms with Gasteiger partial charge in [0.15, 0.2) is 0 Å². The normalized spacial score (nSPS) is 18.0. The first-order valence-corrected chi connectivity index (χ1v) is 7.39. The third-order valence-electron chi connectivity index (χ3n) is 4.08. The summed E-state index contributed by atoms with van der Waals surface area (Å²) >= 11 is 0. The Morgan fingerprint density at radius 1 is 0.952 bits per heavy atom.